The van der Waals surface area contributed by atoms with E-state index in [1.54, 1.807) is 0 Å². The van der Waals surface area contributed by atoms with Crippen LogP contribution in [0.25, 0.3) is 21.8 Å². The fourth-order valence-corrected chi connectivity index (χ4v) is 4.57. The van der Waals surface area contributed by atoms with Gasteiger partial charge < -0.3 is 9.30 Å². The molecule has 150 valence electrons. The quantitative estimate of drug-likeness (QED) is 0.215. The predicted octanol–water partition coefficient (Wildman–Crippen LogP) is 8.33. The number of benzene rings is 3. The highest BCUT2D eigenvalue weighted by atomic mass is 79.9. The summed E-state index contributed by atoms with van der Waals surface area (Å²) >= 11 is 7.29. The zero-order valence-corrected chi connectivity index (χ0v) is 19.8. The number of hydrogen-bond acceptors (Lipinski definition) is 1. The molecule has 1 aromatic heterocycles. The van der Waals surface area contributed by atoms with Crippen molar-refractivity contribution in [3.63, 3.8) is 0 Å². The Morgan fingerprint density at radius 3 is 2.10 bits per heavy atom. The lowest BCUT2D eigenvalue weighted by molar-refractivity contribution is 0.301. The third-order valence-electron chi connectivity index (χ3n) is 5.35. The lowest BCUT2D eigenvalue weighted by atomic mass is 10.2. The zero-order chi connectivity index (χ0) is 20.2. The number of halogens is 2. The predicted molar refractivity (Wildman–Crippen MR) is 130 cm³/mol. The molecule has 0 aliphatic rings. The molecule has 0 aliphatic heterocycles. The molecule has 0 unspecified atom stereocenters. The maximum Gasteiger partial charge on any atom is 0.124 e. The Morgan fingerprint density at radius 1 is 0.793 bits per heavy atom. The third kappa shape index (κ3) is 4.54. The summed E-state index contributed by atoms with van der Waals surface area (Å²) in [5, 5.41) is 2.54. The molecule has 0 bridgehead atoms. The normalized spacial score (nSPS) is 11.4. The van der Waals surface area contributed by atoms with Crippen LogP contribution in [0.1, 0.15) is 38.2 Å². The van der Waals surface area contributed by atoms with Crippen LogP contribution in [0, 0.1) is 0 Å². The van der Waals surface area contributed by atoms with Crippen LogP contribution in [0.2, 0.25) is 0 Å². The fraction of sp³-hybridized carbons (Fsp3) is 0.280. The number of para-hydroxylation sites is 1. The van der Waals surface area contributed by atoms with Gasteiger partial charge >= 0.3 is 0 Å². The second kappa shape index (κ2) is 9.36. The molecule has 0 amide bonds. The highest BCUT2D eigenvalue weighted by molar-refractivity contribution is 9.10. The summed E-state index contributed by atoms with van der Waals surface area (Å²) < 4.78 is 10.7. The van der Waals surface area contributed by atoms with Crippen LogP contribution in [-0.4, -0.2) is 11.2 Å². The van der Waals surface area contributed by atoms with E-state index in [0.717, 1.165) is 34.3 Å². The van der Waals surface area contributed by atoms with Gasteiger partial charge in [-0.25, -0.2) is 0 Å². The molecule has 0 radical (unpaired) electrons. The van der Waals surface area contributed by atoms with E-state index in [9.17, 15) is 0 Å². The van der Waals surface area contributed by atoms with E-state index < -0.39 is 0 Å². The van der Waals surface area contributed by atoms with Crippen molar-refractivity contribution < 1.29 is 4.74 Å². The highest BCUT2D eigenvalue weighted by Crippen LogP contribution is 2.34. The van der Waals surface area contributed by atoms with Gasteiger partial charge in [-0.3, -0.25) is 0 Å². The van der Waals surface area contributed by atoms with Crippen molar-refractivity contribution in [2.45, 2.75) is 39.2 Å². The van der Waals surface area contributed by atoms with Crippen LogP contribution >= 0.6 is 31.9 Å². The molecule has 0 saturated carbocycles. The molecule has 3 aromatic carbocycles. The van der Waals surface area contributed by atoms with Gasteiger partial charge in [0.25, 0.3) is 0 Å². The number of unbranched alkanes of at least 4 members (excludes halogenated alkanes) is 3. The van der Waals surface area contributed by atoms with Crippen LogP contribution in [0.15, 0.2) is 69.6 Å². The van der Waals surface area contributed by atoms with E-state index in [1.807, 2.05) is 0 Å². The second-order valence-electron chi connectivity index (χ2n) is 7.43. The Labute approximate surface area is 189 Å². The van der Waals surface area contributed by atoms with Gasteiger partial charge in [0.15, 0.2) is 0 Å². The lowest BCUT2D eigenvalue weighted by Gasteiger charge is -2.14. The van der Waals surface area contributed by atoms with Crippen molar-refractivity contribution in [1.82, 2.24) is 4.57 Å². The standard InChI is InChI=1S/C25H25Br2NO/c1-2-3-4-7-14-29-25-9-6-5-8-18(25)17-28-23-15-19(26)10-12-21(23)22-13-11-20(27)16-24(22)28/h5-6,8-13,15-16H,2-4,7,14,17H2,1H3. The monoisotopic (exact) mass is 513 g/mol. The molecule has 0 saturated heterocycles. The van der Waals surface area contributed by atoms with E-state index in [2.05, 4.69) is 104 Å². The van der Waals surface area contributed by atoms with Crippen molar-refractivity contribution in [3.8, 4) is 5.75 Å². The van der Waals surface area contributed by atoms with Crippen molar-refractivity contribution in [2.24, 2.45) is 0 Å². The summed E-state index contributed by atoms with van der Waals surface area (Å²) in [6.07, 6.45) is 4.86. The van der Waals surface area contributed by atoms with Crippen molar-refractivity contribution in [3.05, 3.63) is 75.2 Å². The molecule has 4 rings (SSSR count). The Kier molecular flexibility index (Phi) is 6.61. The number of ether oxygens (including phenoxy) is 1. The topological polar surface area (TPSA) is 14.2 Å². The summed E-state index contributed by atoms with van der Waals surface area (Å²) in [6, 6.07) is 21.5. The highest BCUT2D eigenvalue weighted by Gasteiger charge is 2.13. The van der Waals surface area contributed by atoms with Crippen LogP contribution < -0.4 is 4.74 Å². The van der Waals surface area contributed by atoms with Gasteiger partial charge in [0, 0.05) is 25.3 Å². The number of nitrogens with zero attached hydrogens (tertiary/aromatic N) is 1. The molecule has 1 heterocycles. The fourth-order valence-electron chi connectivity index (χ4n) is 3.87. The maximum atomic E-state index is 6.17. The molecule has 4 heteroatoms. The molecule has 0 atom stereocenters. The first kappa shape index (κ1) is 20.5. The molecule has 0 fully saturated rings. The van der Waals surface area contributed by atoms with Crippen LogP contribution in [0.4, 0.5) is 0 Å². The number of aromatic nitrogens is 1. The number of fused-ring (bicyclic) bond motifs is 3. The van der Waals surface area contributed by atoms with Gasteiger partial charge in [0.05, 0.1) is 24.2 Å². The average molecular weight is 515 g/mol. The first-order valence-electron chi connectivity index (χ1n) is 10.2. The minimum atomic E-state index is 0.776. The summed E-state index contributed by atoms with van der Waals surface area (Å²) in [4.78, 5) is 0. The van der Waals surface area contributed by atoms with Crippen molar-refractivity contribution in [1.29, 1.82) is 0 Å². The van der Waals surface area contributed by atoms with Crippen molar-refractivity contribution in [2.75, 3.05) is 6.61 Å². The summed E-state index contributed by atoms with van der Waals surface area (Å²) in [5.41, 5.74) is 3.66. The average Bonchev–Trinajstić information content (AvgIpc) is 3.01. The van der Waals surface area contributed by atoms with Gasteiger partial charge in [-0.2, -0.15) is 0 Å². The summed E-state index contributed by atoms with van der Waals surface area (Å²) in [5.74, 6) is 0.990. The van der Waals surface area contributed by atoms with E-state index in [1.165, 1.54) is 46.6 Å². The molecule has 4 aromatic rings. The van der Waals surface area contributed by atoms with Gasteiger partial charge in [-0.15, -0.1) is 0 Å². The first-order chi connectivity index (χ1) is 14.2. The molecule has 0 spiro atoms. The SMILES string of the molecule is CCCCCCOc1ccccc1Cn1c2cc(Br)ccc2c2ccc(Br)cc21. The van der Waals surface area contributed by atoms with Gasteiger partial charge in [-0.05, 0) is 36.8 Å². The van der Waals surface area contributed by atoms with Crippen LogP contribution in [0.3, 0.4) is 0 Å². The van der Waals surface area contributed by atoms with Crippen molar-refractivity contribution >= 4 is 53.7 Å². The Bertz CT molecular complexity index is 1070. The number of rotatable bonds is 8. The minimum Gasteiger partial charge on any atom is -0.493 e. The Morgan fingerprint density at radius 2 is 1.45 bits per heavy atom. The van der Waals surface area contributed by atoms with Gasteiger partial charge in [-0.1, -0.05) is 88.4 Å². The smallest absolute Gasteiger partial charge is 0.124 e. The van der Waals surface area contributed by atoms with E-state index in [-0.39, 0.29) is 0 Å². The molecule has 2 nitrogen and oxygen atoms in total. The lowest BCUT2D eigenvalue weighted by Crippen LogP contribution is -2.04. The third-order valence-corrected chi connectivity index (χ3v) is 6.33. The van der Waals surface area contributed by atoms with Gasteiger partial charge in [0.1, 0.15) is 5.75 Å². The Hall–Kier alpha value is -1.78. The largest absolute Gasteiger partial charge is 0.493 e. The van der Waals surface area contributed by atoms with E-state index in [4.69, 9.17) is 4.74 Å². The molecular weight excluding hydrogens is 490 g/mol. The second-order valence-corrected chi connectivity index (χ2v) is 9.26. The summed E-state index contributed by atoms with van der Waals surface area (Å²) in [6.45, 7) is 3.79. The first-order valence-corrected chi connectivity index (χ1v) is 11.8. The van der Waals surface area contributed by atoms with Crippen LogP contribution in [-0.2, 0) is 6.54 Å². The van der Waals surface area contributed by atoms with Crippen LogP contribution in [0.5, 0.6) is 5.75 Å². The summed E-state index contributed by atoms with van der Waals surface area (Å²) in [7, 11) is 0. The molecule has 0 aliphatic carbocycles. The van der Waals surface area contributed by atoms with E-state index >= 15 is 0 Å². The number of hydrogen-bond donors (Lipinski definition) is 0. The molecular formula is C25H25Br2NO. The van der Waals surface area contributed by atoms with Gasteiger partial charge in [0.2, 0.25) is 0 Å². The van der Waals surface area contributed by atoms with E-state index in [0.29, 0.717) is 0 Å². The molecule has 29 heavy (non-hydrogen) atoms. The minimum absolute atomic E-state index is 0.776. The maximum absolute atomic E-state index is 6.17. The zero-order valence-electron chi connectivity index (χ0n) is 16.6. The Balaban J connectivity index is 1.71. The molecule has 0 N–H and O–H groups in total.